The number of hydrogen-bond acceptors (Lipinski definition) is 5. The number of nitrogens with zero attached hydrogens (tertiary/aromatic N) is 1. The van der Waals surface area contributed by atoms with Crippen molar-refractivity contribution in [3.8, 4) is 0 Å². The number of hydrogen-bond donors (Lipinski definition) is 0. The fourth-order valence-electron chi connectivity index (χ4n) is 2.23. The first-order chi connectivity index (χ1) is 10.4. The minimum absolute atomic E-state index is 0.323. The second-order valence-electron chi connectivity index (χ2n) is 4.84. The van der Waals surface area contributed by atoms with Crippen LogP contribution in [0, 0.1) is 0 Å². The summed E-state index contributed by atoms with van der Waals surface area (Å²) in [6.45, 7) is 2.65. The molecular formula is C15H19NO3S3. The topological polar surface area (TPSA) is 61.1 Å². The maximum absolute atomic E-state index is 10.8. The Labute approximate surface area is 139 Å². The molecule has 2 aromatic rings. The van der Waals surface area contributed by atoms with Crippen LogP contribution in [0.25, 0.3) is 16.3 Å². The number of para-hydroxylation sites is 1. The lowest BCUT2D eigenvalue weighted by molar-refractivity contribution is -0.668. The fraction of sp³-hybridized carbons (Fsp3) is 0.400. The van der Waals surface area contributed by atoms with Crippen LogP contribution < -0.4 is 4.57 Å². The summed E-state index contributed by atoms with van der Waals surface area (Å²) >= 11 is 3.41. The summed E-state index contributed by atoms with van der Waals surface area (Å²) in [4.78, 5) is 1.27. The molecule has 0 saturated heterocycles. The highest BCUT2D eigenvalue weighted by Gasteiger charge is 2.18. The molecule has 1 heterocycles. The van der Waals surface area contributed by atoms with Gasteiger partial charge in [-0.3, -0.25) is 0 Å². The Hall–Kier alpha value is -0.890. The molecule has 0 bridgehead atoms. The molecule has 0 N–H and O–H groups in total. The van der Waals surface area contributed by atoms with E-state index in [1.54, 1.807) is 23.1 Å². The lowest BCUT2D eigenvalue weighted by atomic mass is 10.3. The van der Waals surface area contributed by atoms with Crippen molar-refractivity contribution in [3.05, 3.63) is 34.2 Å². The van der Waals surface area contributed by atoms with Gasteiger partial charge in [0, 0.05) is 24.3 Å². The summed E-state index contributed by atoms with van der Waals surface area (Å²) in [5.74, 6) is -0.323. The number of aromatic nitrogens is 1. The van der Waals surface area contributed by atoms with Crippen LogP contribution in [0.4, 0.5) is 0 Å². The fourth-order valence-corrected chi connectivity index (χ4v) is 4.46. The molecule has 0 aliphatic rings. The van der Waals surface area contributed by atoms with Gasteiger partial charge in [0.1, 0.15) is 4.70 Å². The highest BCUT2D eigenvalue weighted by molar-refractivity contribution is 8.02. The van der Waals surface area contributed by atoms with Crippen LogP contribution in [0.3, 0.4) is 0 Å². The Bertz CT molecular complexity index is 772. The largest absolute Gasteiger partial charge is 0.748 e. The smallest absolute Gasteiger partial charge is 0.263 e. The number of thiazole rings is 1. The first-order valence-electron chi connectivity index (χ1n) is 7.04. The van der Waals surface area contributed by atoms with E-state index in [0.717, 1.165) is 21.6 Å². The zero-order chi connectivity index (χ0) is 16.2. The summed E-state index contributed by atoms with van der Waals surface area (Å²) in [5.41, 5.74) is 1.08. The van der Waals surface area contributed by atoms with Gasteiger partial charge in [-0.1, -0.05) is 30.4 Å². The standard InChI is InChI=1S/C15H19NO3S3/c1-3-12(20-2)11-15-16(9-6-10-22(17,18)19)13-7-4-5-8-14(13)21-15/h4-5,7-8,11H,3,6,9-10H2,1-2H3/b12-11-. The number of allylic oxidation sites excluding steroid dienone is 1. The lowest BCUT2D eigenvalue weighted by Gasteiger charge is -2.04. The van der Waals surface area contributed by atoms with E-state index < -0.39 is 10.1 Å². The van der Waals surface area contributed by atoms with Crippen LogP contribution in [0.2, 0.25) is 0 Å². The van der Waals surface area contributed by atoms with Crippen LogP contribution in [0.5, 0.6) is 0 Å². The maximum Gasteiger partial charge on any atom is 0.263 e. The molecule has 1 aromatic heterocycles. The number of benzene rings is 1. The molecule has 0 radical (unpaired) electrons. The van der Waals surface area contributed by atoms with Gasteiger partial charge in [-0.2, -0.15) is 4.57 Å². The summed E-state index contributed by atoms with van der Waals surface area (Å²) < 4.78 is 35.7. The third-order valence-corrected chi connectivity index (χ3v) is 6.14. The van der Waals surface area contributed by atoms with Gasteiger partial charge in [0.2, 0.25) is 5.52 Å². The van der Waals surface area contributed by atoms with Gasteiger partial charge < -0.3 is 4.55 Å². The zero-order valence-corrected chi connectivity index (χ0v) is 15.1. The first-order valence-corrected chi connectivity index (χ1v) is 10.7. The first kappa shape index (κ1) is 17.5. The Morgan fingerprint density at radius 2 is 2.14 bits per heavy atom. The Morgan fingerprint density at radius 3 is 2.77 bits per heavy atom. The van der Waals surface area contributed by atoms with E-state index >= 15 is 0 Å². The van der Waals surface area contributed by atoms with E-state index in [1.165, 1.54) is 4.91 Å². The number of rotatable bonds is 7. The van der Waals surface area contributed by atoms with Crippen LogP contribution in [-0.2, 0) is 16.7 Å². The summed E-state index contributed by atoms with van der Waals surface area (Å²) in [5, 5.41) is 1.09. The summed E-state index contributed by atoms with van der Waals surface area (Å²) in [6.07, 6.45) is 5.50. The molecule has 7 heteroatoms. The van der Waals surface area contributed by atoms with Crippen LogP contribution in [0.15, 0.2) is 29.2 Å². The van der Waals surface area contributed by atoms with Crippen LogP contribution in [-0.4, -0.2) is 25.0 Å². The Kier molecular flexibility index (Phi) is 6.02. The molecule has 0 aliphatic carbocycles. The average Bonchev–Trinajstić information content (AvgIpc) is 2.81. The van der Waals surface area contributed by atoms with Crippen LogP contribution in [0.1, 0.15) is 24.8 Å². The highest BCUT2D eigenvalue weighted by Crippen LogP contribution is 2.25. The molecule has 0 saturated carbocycles. The Balaban J connectivity index is 2.38. The highest BCUT2D eigenvalue weighted by atomic mass is 32.2. The molecule has 0 atom stereocenters. The van der Waals surface area contributed by atoms with Crippen molar-refractivity contribution in [2.45, 2.75) is 26.3 Å². The number of thioether (sulfide) groups is 1. The van der Waals surface area contributed by atoms with Crippen molar-refractivity contribution in [1.29, 1.82) is 0 Å². The molecule has 1 aromatic carbocycles. The third-order valence-electron chi connectivity index (χ3n) is 3.31. The van der Waals surface area contributed by atoms with E-state index in [0.29, 0.717) is 13.0 Å². The zero-order valence-electron chi connectivity index (χ0n) is 12.6. The molecular weight excluding hydrogens is 338 g/mol. The minimum Gasteiger partial charge on any atom is -0.748 e. The van der Waals surface area contributed by atoms with Crippen molar-refractivity contribution in [2.75, 3.05) is 12.0 Å². The molecule has 0 aliphatic heterocycles. The van der Waals surface area contributed by atoms with Crippen LogP contribution >= 0.6 is 23.1 Å². The van der Waals surface area contributed by atoms with Crippen molar-refractivity contribution in [2.24, 2.45) is 0 Å². The number of aryl methyl sites for hydroxylation is 1. The molecule has 0 amide bonds. The predicted molar refractivity (Wildman–Crippen MR) is 93.0 cm³/mol. The van der Waals surface area contributed by atoms with Gasteiger partial charge in [0.05, 0.1) is 10.1 Å². The van der Waals surface area contributed by atoms with Gasteiger partial charge >= 0.3 is 0 Å². The van der Waals surface area contributed by atoms with E-state index in [2.05, 4.69) is 29.9 Å². The van der Waals surface area contributed by atoms with Gasteiger partial charge in [-0.05, 0) is 23.6 Å². The molecule has 0 spiro atoms. The summed E-state index contributed by atoms with van der Waals surface area (Å²) in [6, 6.07) is 8.05. The lowest BCUT2D eigenvalue weighted by Crippen LogP contribution is -2.36. The van der Waals surface area contributed by atoms with Gasteiger partial charge in [0.25, 0.3) is 5.01 Å². The molecule has 22 heavy (non-hydrogen) atoms. The number of fused-ring (bicyclic) bond motifs is 1. The third kappa shape index (κ3) is 4.55. The van der Waals surface area contributed by atoms with E-state index in [-0.39, 0.29) is 5.75 Å². The predicted octanol–water partition coefficient (Wildman–Crippen LogP) is 3.24. The second-order valence-corrected chi connectivity index (χ2v) is 8.36. The van der Waals surface area contributed by atoms with Gasteiger partial charge in [0.15, 0.2) is 6.54 Å². The van der Waals surface area contributed by atoms with Crippen molar-refractivity contribution in [1.82, 2.24) is 0 Å². The molecule has 4 nitrogen and oxygen atoms in total. The van der Waals surface area contributed by atoms with Gasteiger partial charge in [-0.25, -0.2) is 8.42 Å². The minimum atomic E-state index is -4.16. The van der Waals surface area contributed by atoms with E-state index in [9.17, 15) is 13.0 Å². The monoisotopic (exact) mass is 357 g/mol. The van der Waals surface area contributed by atoms with Crippen molar-refractivity contribution >= 4 is 49.5 Å². The quantitative estimate of drug-likeness (QED) is 0.564. The normalized spacial score (nSPS) is 13.0. The molecule has 120 valence electrons. The molecule has 2 rings (SSSR count). The average molecular weight is 358 g/mol. The van der Waals surface area contributed by atoms with Crippen molar-refractivity contribution < 1.29 is 17.5 Å². The SMILES string of the molecule is CC/C(=C/c1sc2ccccc2[n+]1CCCS(=O)(=O)[O-])SC. The second kappa shape index (κ2) is 7.59. The van der Waals surface area contributed by atoms with Gasteiger partial charge in [-0.15, -0.1) is 11.8 Å². The Morgan fingerprint density at radius 1 is 1.41 bits per heavy atom. The van der Waals surface area contributed by atoms with Crippen molar-refractivity contribution in [3.63, 3.8) is 0 Å². The van der Waals surface area contributed by atoms with E-state index in [4.69, 9.17) is 0 Å². The summed E-state index contributed by atoms with van der Waals surface area (Å²) in [7, 11) is -4.16. The molecule has 0 fully saturated rings. The van der Waals surface area contributed by atoms with E-state index in [1.807, 2.05) is 18.2 Å². The molecule has 0 unspecified atom stereocenters. The maximum atomic E-state index is 10.8.